The van der Waals surface area contributed by atoms with Crippen molar-refractivity contribution in [2.75, 3.05) is 11.9 Å². The molecule has 0 spiro atoms. The molecule has 3 N–H and O–H groups in total. The van der Waals surface area contributed by atoms with Crippen molar-refractivity contribution in [2.45, 2.75) is 57.4 Å². The minimum Gasteiger partial charge on any atom is -0.507 e. The van der Waals surface area contributed by atoms with Crippen LogP contribution in [0.1, 0.15) is 34.1 Å². The molecule has 1 fully saturated rings. The highest BCUT2D eigenvalue weighted by Gasteiger charge is 2.48. The van der Waals surface area contributed by atoms with Crippen LogP contribution in [0.2, 0.25) is 0 Å². The number of hydrogen-bond acceptors (Lipinski definition) is 7. The van der Waals surface area contributed by atoms with E-state index in [1.54, 1.807) is 42.7 Å². The van der Waals surface area contributed by atoms with Crippen LogP contribution in [0.15, 0.2) is 36.8 Å². The minimum absolute atomic E-state index is 0. The van der Waals surface area contributed by atoms with Gasteiger partial charge in [0.05, 0.1) is 18.4 Å². The number of nitrogens with zero attached hydrogens (tertiary/aromatic N) is 5. The first-order chi connectivity index (χ1) is 14.6. The summed E-state index contributed by atoms with van der Waals surface area (Å²) in [6, 6.07) is 4.90. The molecular weight excluding hydrogens is 468 g/mol. The number of aromatic nitrogens is 5. The smallest absolute Gasteiger partial charge is 0.245 e. The molecule has 2 aromatic heterocycles. The van der Waals surface area contributed by atoms with Crippen LogP contribution in [0.25, 0.3) is 22.4 Å². The third-order valence-electron chi connectivity index (χ3n) is 5.87. The van der Waals surface area contributed by atoms with Gasteiger partial charge in [-0.2, -0.15) is 5.10 Å². The summed E-state index contributed by atoms with van der Waals surface area (Å²) >= 11 is 0. The van der Waals surface area contributed by atoms with Gasteiger partial charge in [-0.25, -0.2) is 9.37 Å². The Morgan fingerprint density at radius 1 is 1.09 bits per heavy atom. The van der Waals surface area contributed by atoms with Crippen LogP contribution in [0.5, 0.6) is 5.75 Å². The van der Waals surface area contributed by atoms with Gasteiger partial charge in [-0.05, 0) is 51.8 Å². The number of phenols is 1. The van der Waals surface area contributed by atoms with E-state index in [9.17, 15) is 5.11 Å². The summed E-state index contributed by atoms with van der Waals surface area (Å²) < 4.78 is 15.2. The van der Waals surface area contributed by atoms with E-state index in [4.69, 9.17) is 0 Å². The molecule has 33 heavy (non-hydrogen) atoms. The quantitative estimate of drug-likeness (QED) is 0.496. The third-order valence-corrected chi connectivity index (χ3v) is 5.87. The van der Waals surface area contributed by atoms with E-state index in [0.717, 1.165) is 11.1 Å². The van der Waals surface area contributed by atoms with Crippen LogP contribution in [0, 0.1) is 0 Å². The molecule has 0 bridgehead atoms. The largest absolute Gasteiger partial charge is 0.507 e. The SMILES string of the molecule is CN(c1ncc(-c2ccc(-c3cn[nH]c3)cc2O)nn1)C1CC(C)(C)NC(C)(C)C1F.Cl.Cl. The van der Waals surface area contributed by atoms with Crippen molar-refractivity contribution < 1.29 is 9.50 Å². The first-order valence-corrected chi connectivity index (χ1v) is 10.3. The van der Waals surface area contributed by atoms with Gasteiger partial charge in [0.2, 0.25) is 5.95 Å². The predicted molar refractivity (Wildman–Crippen MR) is 132 cm³/mol. The molecule has 1 saturated heterocycles. The van der Waals surface area contributed by atoms with Crippen LogP contribution in [-0.4, -0.2) is 60.8 Å². The standard InChI is InChI=1S/C22H28FN7O.2ClH/c1-21(2)9-17(19(23)22(3,4)29-21)30(5)20-24-12-16(27-28-20)15-7-6-13(8-18(15)31)14-10-25-26-11-14;;/h6-8,10-12,17,19,29,31H,9H2,1-5H3,(H,25,26);2*1H. The van der Waals surface area contributed by atoms with E-state index in [0.29, 0.717) is 23.6 Å². The lowest BCUT2D eigenvalue weighted by Crippen LogP contribution is -2.68. The molecule has 0 aliphatic carbocycles. The first kappa shape index (κ1) is 26.8. The van der Waals surface area contributed by atoms with Crippen LogP contribution in [0.3, 0.4) is 0 Å². The number of alkyl halides is 1. The third kappa shape index (κ3) is 5.37. The maximum atomic E-state index is 15.2. The lowest BCUT2D eigenvalue weighted by molar-refractivity contribution is 0.0563. The molecule has 11 heteroatoms. The zero-order valence-corrected chi connectivity index (χ0v) is 20.8. The molecule has 1 aliphatic rings. The summed E-state index contributed by atoms with van der Waals surface area (Å²) in [4.78, 5) is 6.17. The number of rotatable bonds is 4. The highest BCUT2D eigenvalue weighted by molar-refractivity contribution is 5.85. The van der Waals surface area contributed by atoms with Gasteiger partial charge in [0, 0.05) is 35.4 Å². The normalized spacial score (nSPS) is 20.9. The Balaban J connectivity index is 0.00000193. The molecule has 0 radical (unpaired) electrons. The van der Waals surface area contributed by atoms with Gasteiger partial charge in [-0.3, -0.25) is 5.10 Å². The van der Waals surface area contributed by atoms with Crippen LogP contribution in [0.4, 0.5) is 10.3 Å². The van der Waals surface area contributed by atoms with E-state index < -0.39 is 11.7 Å². The Hall–Kier alpha value is -2.49. The molecule has 2 unspecified atom stereocenters. The van der Waals surface area contributed by atoms with E-state index >= 15 is 4.39 Å². The van der Waals surface area contributed by atoms with Gasteiger partial charge in [0.25, 0.3) is 0 Å². The number of aromatic hydroxyl groups is 1. The molecule has 4 rings (SSSR count). The fraction of sp³-hybridized carbons (Fsp3) is 0.455. The first-order valence-electron chi connectivity index (χ1n) is 10.3. The fourth-order valence-corrected chi connectivity index (χ4v) is 4.47. The molecule has 3 aromatic rings. The molecule has 0 amide bonds. The average molecular weight is 498 g/mol. The zero-order valence-electron chi connectivity index (χ0n) is 19.2. The van der Waals surface area contributed by atoms with Crippen molar-refractivity contribution in [2.24, 2.45) is 0 Å². The Morgan fingerprint density at radius 3 is 2.39 bits per heavy atom. The van der Waals surface area contributed by atoms with Crippen molar-refractivity contribution in [1.29, 1.82) is 0 Å². The van der Waals surface area contributed by atoms with E-state index in [2.05, 4.69) is 44.5 Å². The molecule has 2 atom stereocenters. The van der Waals surface area contributed by atoms with Crippen molar-refractivity contribution in [3.05, 3.63) is 36.8 Å². The highest BCUT2D eigenvalue weighted by atomic mass is 35.5. The molecule has 0 saturated carbocycles. The average Bonchev–Trinajstić information content (AvgIpc) is 3.24. The number of anilines is 1. The Bertz CT molecular complexity index is 1060. The van der Waals surface area contributed by atoms with Crippen LogP contribution in [-0.2, 0) is 0 Å². The van der Waals surface area contributed by atoms with E-state index in [1.807, 2.05) is 19.9 Å². The van der Waals surface area contributed by atoms with E-state index in [-0.39, 0.29) is 42.1 Å². The molecule has 1 aromatic carbocycles. The van der Waals surface area contributed by atoms with Gasteiger partial charge >= 0.3 is 0 Å². The topological polar surface area (TPSA) is 103 Å². The maximum Gasteiger partial charge on any atom is 0.245 e. The number of piperidine rings is 1. The van der Waals surface area contributed by atoms with Gasteiger partial charge in [-0.15, -0.1) is 35.0 Å². The summed E-state index contributed by atoms with van der Waals surface area (Å²) in [6.45, 7) is 7.88. The van der Waals surface area contributed by atoms with Crippen molar-refractivity contribution in [1.82, 2.24) is 30.7 Å². The molecule has 8 nitrogen and oxygen atoms in total. The highest BCUT2D eigenvalue weighted by Crippen LogP contribution is 2.35. The number of nitrogens with one attached hydrogen (secondary N) is 2. The Labute approximate surface area is 205 Å². The van der Waals surface area contributed by atoms with Crippen LogP contribution < -0.4 is 10.2 Å². The number of hydrogen-bond donors (Lipinski definition) is 3. The number of aromatic amines is 1. The number of benzene rings is 1. The lowest BCUT2D eigenvalue weighted by Gasteiger charge is -2.50. The summed E-state index contributed by atoms with van der Waals surface area (Å²) in [5, 5.41) is 29.0. The Kier molecular flexibility index (Phi) is 7.94. The van der Waals surface area contributed by atoms with Crippen LogP contribution >= 0.6 is 24.8 Å². The van der Waals surface area contributed by atoms with Gasteiger partial charge in [-0.1, -0.05) is 6.07 Å². The lowest BCUT2D eigenvalue weighted by atomic mass is 9.77. The molecule has 1 aliphatic heterocycles. The molecule has 180 valence electrons. The number of H-pyrrole nitrogens is 1. The second kappa shape index (κ2) is 9.79. The predicted octanol–water partition coefficient (Wildman–Crippen LogP) is 4.17. The minimum atomic E-state index is -1.10. The van der Waals surface area contributed by atoms with Crippen molar-refractivity contribution in [3.63, 3.8) is 0 Å². The van der Waals surface area contributed by atoms with Gasteiger partial charge in [0.1, 0.15) is 17.6 Å². The van der Waals surface area contributed by atoms with Gasteiger partial charge in [0.15, 0.2) is 0 Å². The zero-order chi connectivity index (χ0) is 22.4. The van der Waals surface area contributed by atoms with E-state index in [1.165, 1.54) is 0 Å². The molecular formula is C22H30Cl2FN7O. The summed E-state index contributed by atoms with van der Waals surface area (Å²) in [7, 11) is 1.79. The second-order valence-electron chi connectivity index (χ2n) is 9.38. The summed E-state index contributed by atoms with van der Waals surface area (Å²) in [6.07, 6.45) is 4.49. The van der Waals surface area contributed by atoms with Gasteiger partial charge < -0.3 is 15.3 Å². The second-order valence-corrected chi connectivity index (χ2v) is 9.38. The number of halogens is 3. The monoisotopic (exact) mass is 497 g/mol. The van der Waals surface area contributed by atoms with Crippen molar-refractivity contribution in [3.8, 4) is 28.1 Å². The summed E-state index contributed by atoms with van der Waals surface area (Å²) in [5.41, 5.74) is 1.77. The van der Waals surface area contributed by atoms with Crippen molar-refractivity contribution >= 4 is 30.8 Å². The fourth-order valence-electron chi connectivity index (χ4n) is 4.47. The molecule has 3 heterocycles. The Morgan fingerprint density at radius 2 is 1.82 bits per heavy atom. The summed E-state index contributed by atoms with van der Waals surface area (Å²) in [5.74, 6) is 0.418. The number of phenolic OH excluding ortho intramolecular Hbond substituents is 1. The maximum absolute atomic E-state index is 15.2.